The number of rotatable bonds is 0. The first-order valence-corrected chi connectivity index (χ1v) is 5.36. The van der Waals surface area contributed by atoms with Crippen LogP contribution in [-0.2, 0) is 0 Å². The largest absolute Gasteiger partial charge is 0.327 e. The van der Waals surface area contributed by atoms with Gasteiger partial charge in [0.1, 0.15) is 0 Å². The molecular weight excluding hydrogens is 160 g/mol. The van der Waals surface area contributed by atoms with Crippen LogP contribution in [0.4, 0.5) is 0 Å². The van der Waals surface area contributed by atoms with E-state index in [4.69, 9.17) is 5.73 Å². The van der Waals surface area contributed by atoms with Crippen LogP contribution in [0.3, 0.4) is 0 Å². The van der Waals surface area contributed by atoms with Crippen molar-refractivity contribution in [3.8, 4) is 0 Å². The van der Waals surface area contributed by atoms with E-state index in [0.29, 0.717) is 18.0 Å². The van der Waals surface area contributed by atoms with Gasteiger partial charge in [0.25, 0.3) is 0 Å². The second-order valence-corrected chi connectivity index (χ2v) is 5.42. The van der Waals surface area contributed by atoms with Crippen LogP contribution in [0.1, 0.15) is 41.0 Å². The standard InChI is InChI=1S/C11H24N2/c1-8-9(2)13(11(3,4)5)7-6-10(8)12/h8-10H,6-7,12H2,1-5H3. The summed E-state index contributed by atoms with van der Waals surface area (Å²) >= 11 is 0. The van der Waals surface area contributed by atoms with Crippen molar-refractivity contribution in [2.24, 2.45) is 11.7 Å². The SMILES string of the molecule is CC1C(N)CCN(C(C)(C)C)C1C. The van der Waals surface area contributed by atoms with E-state index in [1.54, 1.807) is 0 Å². The Kier molecular flexibility index (Phi) is 3.03. The summed E-state index contributed by atoms with van der Waals surface area (Å²) in [7, 11) is 0. The zero-order valence-electron chi connectivity index (χ0n) is 9.67. The lowest BCUT2D eigenvalue weighted by atomic mass is 9.84. The average molecular weight is 184 g/mol. The fourth-order valence-corrected chi connectivity index (χ4v) is 2.34. The third kappa shape index (κ3) is 2.23. The maximum Gasteiger partial charge on any atom is 0.0128 e. The normalized spacial score (nSPS) is 37.8. The smallest absolute Gasteiger partial charge is 0.0128 e. The van der Waals surface area contributed by atoms with Crippen molar-refractivity contribution in [2.75, 3.05) is 6.54 Å². The van der Waals surface area contributed by atoms with Gasteiger partial charge in [-0.05, 0) is 40.0 Å². The summed E-state index contributed by atoms with van der Waals surface area (Å²) in [6.45, 7) is 12.6. The number of nitrogens with zero attached hydrogens (tertiary/aromatic N) is 1. The number of piperidine rings is 1. The van der Waals surface area contributed by atoms with Gasteiger partial charge in [-0.1, -0.05) is 6.92 Å². The topological polar surface area (TPSA) is 29.3 Å². The summed E-state index contributed by atoms with van der Waals surface area (Å²) in [4.78, 5) is 2.57. The van der Waals surface area contributed by atoms with Crippen molar-refractivity contribution in [1.29, 1.82) is 0 Å². The van der Waals surface area contributed by atoms with Gasteiger partial charge in [0.15, 0.2) is 0 Å². The minimum absolute atomic E-state index is 0.286. The first kappa shape index (κ1) is 11.0. The van der Waals surface area contributed by atoms with Gasteiger partial charge in [-0.2, -0.15) is 0 Å². The third-order valence-corrected chi connectivity index (χ3v) is 3.49. The molecule has 0 aromatic heterocycles. The molecule has 0 radical (unpaired) electrons. The Labute approximate surface area is 82.5 Å². The maximum atomic E-state index is 6.05. The highest BCUT2D eigenvalue weighted by Gasteiger charge is 2.35. The highest BCUT2D eigenvalue weighted by molar-refractivity contribution is 4.91. The molecule has 0 spiro atoms. The van der Waals surface area contributed by atoms with Gasteiger partial charge >= 0.3 is 0 Å². The predicted octanol–water partition coefficient (Wildman–Crippen LogP) is 1.84. The van der Waals surface area contributed by atoms with E-state index in [0.717, 1.165) is 13.0 Å². The van der Waals surface area contributed by atoms with Crippen LogP contribution in [0.2, 0.25) is 0 Å². The van der Waals surface area contributed by atoms with Gasteiger partial charge in [0.2, 0.25) is 0 Å². The zero-order chi connectivity index (χ0) is 10.2. The Bertz CT molecular complexity index is 171. The fourth-order valence-electron chi connectivity index (χ4n) is 2.34. The fraction of sp³-hybridized carbons (Fsp3) is 1.00. The minimum atomic E-state index is 0.286. The number of nitrogens with two attached hydrogens (primary N) is 1. The monoisotopic (exact) mass is 184 g/mol. The maximum absolute atomic E-state index is 6.05. The van der Waals surface area contributed by atoms with E-state index in [9.17, 15) is 0 Å². The van der Waals surface area contributed by atoms with E-state index >= 15 is 0 Å². The molecule has 2 heteroatoms. The summed E-state index contributed by atoms with van der Waals surface area (Å²) in [6, 6.07) is 1.01. The summed E-state index contributed by atoms with van der Waals surface area (Å²) in [6.07, 6.45) is 1.14. The first-order valence-electron chi connectivity index (χ1n) is 5.36. The van der Waals surface area contributed by atoms with Crippen LogP contribution in [0.15, 0.2) is 0 Å². The predicted molar refractivity (Wildman–Crippen MR) is 57.7 cm³/mol. The Morgan fingerprint density at radius 1 is 1.23 bits per heavy atom. The van der Waals surface area contributed by atoms with Crippen LogP contribution < -0.4 is 5.73 Å². The van der Waals surface area contributed by atoms with Gasteiger partial charge in [-0.25, -0.2) is 0 Å². The quantitative estimate of drug-likeness (QED) is 0.622. The van der Waals surface area contributed by atoms with E-state index in [2.05, 4.69) is 39.5 Å². The average Bonchev–Trinajstić information content (AvgIpc) is 1.98. The molecule has 1 aliphatic heterocycles. The van der Waals surface area contributed by atoms with Crippen LogP contribution in [0.5, 0.6) is 0 Å². The van der Waals surface area contributed by atoms with Crippen LogP contribution in [0, 0.1) is 5.92 Å². The summed E-state index contributed by atoms with van der Waals surface area (Å²) < 4.78 is 0. The highest BCUT2D eigenvalue weighted by Crippen LogP contribution is 2.28. The molecular formula is C11H24N2. The van der Waals surface area contributed by atoms with Crippen LogP contribution >= 0.6 is 0 Å². The van der Waals surface area contributed by atoms with E-state index in [1.807, 2.05) is 0 Å². The lowest BCUT2D eigenvalue weighted by molar-refractivity contribution is 0.0213. The Hall–Kier alpha value is -0.0800. The second-order valence-electron chi connectivity index (χ2n) is 5.42. The number of likely N-dealkylation sites (tertiary alicyclic amines) is 1. The van der Waals surface area contributed by atoms with Gasteiger partial charge in [0, 0.05) is 24.2 Å². The van der Waals surface area contributed by atoms with Crippen molar-refractivity contribution >= 4 is 0 Å². The Morgan fingerprint density at radius 2 is 1.77 bits per heavy atom. The van der Waals surface area contributed by atoms with Crippen LogP contribution in [0.25, 0.3) is 0 Å². The van der Waals surface area contributed by atoms with E-state index < -0.39 is 0 Å². The summed E-state index contributed by atoms with van der Waals surface area (Å²) in [5.41, 5.74) is 6.33. The molecule has 0 saturated carbocycles. The van der Waals surface area contributed by atoms with E-state index in [1.165, 1.54) is 0 Å². The zero-order valence-corrected chi connectivity index (χ0v) is 9.67. The molecule has 1 saturated heterocycles. The molecule has 1 heterocycles. The molecule has 78 valence electrons. The van der Waals surface area contributed by atoms with Gasteiger partial charge < -0.3 is 5.73 Å². The molecule has 0 aliphatic carbocycles. The summed E-state index contributed by atoms with van der Waals surface area (Å²) in [5, 5.41) is 0. The molecule has 1 fully saturated rings. The molecule has 0 aromatic carbocycles. The van der Waals surface area contributed by atoms with Gasteiger partial charge in [0.05, 0.1) is 0 Å². The molecule has 0 aromatic rings. The molecule has 2 nitrogen and oxygen atoms in total. The lowest BCUT2D eigenvalue weighted by Gasteiger charge is -2.48. The molecule has 2 N–H and O–H groups in total. The molecule has 1 aliphatic rings. The molecule has 1 rings (SSSR count). The highest BCUT2D eigenvalue weighted by atomic mass is 15.2. The molecule has 13 heavy (non-hydrogen) atoms. The van der Waals surface area contributed by atoms with Crippen LogP contribution in [-0.4, -0.2) is 29.1 Å². The Morgan fingerprint density at radius 3 is 2.23 bits per heavy atom. The van der Waals surface area contributed by atoms with Crippen molar-refractivity contribution in [2.45, 2.75) is 58.7 Å². The summed E-state index contributed by atoms with van der Waals surface area (Å²) in [5.74, 6) is 0.618. The number of hydrogen-bond acceptors (Lipinski definition) is 2. The molecule has 0 amide bonds. The van der Waals surface area contributed by atoms with Crippen molar-refractivity contribution in [3.05, 3.63) is 0 Å². The van der Waals surface area contributed by atoms with Crippen molar-refractivity contribution in [1.82, 2.24) is 4.90 Å². The second kappa shape index (κ2) is 3.58. The Balaban J connectivity index is 2.70. The van der Waals surface area contributed by atoms with E-state index in [-0.39, 0.29) is 5.54 Å². The van der Waals surface area contributed by atoms with Crippen molar-refractivity contribution < 1.29 is 0 Å². The molecule has 0 bridgehead atoms. The molecule has 3 atom stereocenters. The minimum Gasteiger partial charge on any atom is -0.327 e. The van der Waals surface area contributed by atoms with Gasteiger partial charge in [-0.15, -0.1) is 0 Å². The molecule has 3 unspecified atom stereocenters. The lowest BCUT2D eigenvalue weighted by Crippen LogP contribution is -2.57. The number of hydrogen-bond donors (Lipinski definition) is 1. The first-order chi connectivity index (χ1) is 5.84. The van der Waals surface area contributed by atoms with Gasteiger partial charge in [-0.3, -0.25) is 4.90 Å². The third-order valence-electron chi connectivity index (χ3n) is 3.49. The van der Waals surface area contributed by atoms with Crippen molar-refractivity contribution in [3.63, 3.8) is 0 Å².